The van der Waals surface area contributed by atoms with E-state index in [9.17, 15) is 9.59 Å². The van der Waals surface area contributed by atoms with Crippen molar-refractivity contribution >= 4 is 11.9 Å². The summed E-state index contributed by atoms with van der Waals surface area (Å²) >= 11 is 0. The Bertz CT molecular complexity index is 1170. The van der Waals surface area contributed by atoms with Gasteiger partial charge in [0, 0.05) is 12.0 Å². The van der Waals surface area contributed by atoms with Gasteiger partial charge in [-0.1, -0.05) is 41.1 Å². The first-order valence-electron chi connectivity index (χ1n) is 9.83. The summed E-state index contributed by atoms with van der Waals surface area (Å²) in [6.45, 7) is 3.77. The minimum atomic E-state index is -1.09. The van der Waals surface area contributed by atoms with Crippen molar-refractivity contribution in [1.82, 2.24) is 20.4 Å². The smallest absolute Gasteiger partial charge is 0.325 e. The quantitative estimate of drug-likeness (QED) is 0.633. The molecule has 2 aromatic carbocycles. The first-order chi connectivity index (χ1) is 14.9. The lowest BCUT2D eigenvalue weighted by Crippen LogP contribution is -2.45. The van der Waals surface area contributed by atoms with Crippen LogP contribution < -0.4 is 14.8 Å². The molecule has 3 heterocycles. The van der Waals surface area contributed by atoms with Gasteiger partial charge in [0.15, 0.2) is 11.5 Å². The molecule has 1 saturated heterocycles. The molecule has 9 nitrogen and oxygen atoms in total. The van der Waals surface area contributed by atoms with Crippen LogP contribution in [0.25, 0.3) is 11.4 Å². The van der Waals surface area contributed by atoms with Gasteiger partial charge in [-0.05, 0) is 31.5 Å². The number of amides is 3. The molecule has 3 aromatic rings. The average molecular weight is 420 g/mol. The zero-order valence-electron chi connectivity index (χ0n) is 17.0. The van der Waals surface area contributed by atoms with E-state index in [1.165, 1.54) is 0 Å². The molecule has 1 atom stereocenters. The van der Waals surface area contributed by atoms with Crippen molar-refractivity contribution in [3.63, 3.8) is 0 Å². The molecular weight excluding hydrogens is 400 g/mol. The topological polar surface area (TPSA) is 107 Å². The fourth-order valence-corrected chi connectivity index (χ4v) is 3.74. The molecule has 1 aromatic heterocycles. The summed E-state index contributed by atoms with van der Waals surface area (Å²) in [6, 6.07) is 12.7. The van der Waals surface area contributed by atoms with Gasteiger partial charge in [-0.25, -0.2) is 4.79 Å². The van der Waals surface area contributed by atoms with Gasteiger partial charge in [0.2, 0.25) is 18.5 Å². The van der Waals surface area contributed by atoms with Crippen LogP contribution in [0.2, 0.25) is 0 Å². The zero-order valence-corrected chi connectivity index (χ0v) is 17.0. The third-order valence-corrected chi connectivity index (χ3v) is 5.41. The van der Waals surface area contributed by atoms with Crippen LogP contribution >= 0.6 is 0 Å². The second-order valence-electron chi connectivity index (χ2n) is 7.90. The minimum absolute atomic E-state index is 0.0970. The van der Waals surface area contributed by atoms with Gasteiger partial charge in [0.05, 0.1) is 0 Å². The molecule has 1 unspecified atom stereocenters. The predicted molar refractivity (Wildman–Crippen MR) is 108 cm³/mol. The number of urea groups is 1. The molecule has 1 fully saturated rings. The first-order valence-corrected chi connectivity index (χ1v) is 9.83. The number of imide groups is 1. The van der Waals surface area contributed by atoms with Crippen LogP contribution in [0.5, 0.6) is 11.5 Å². The second kappa shape index (κ2) is 7.12. The van der Waals surface area contributed by atoms with Crippen molar-refractivity contribution in [3.05, 3.63) is 59.5 Å². The molecule has 3 amide bonds. The number of fused-ring (bicyclic) bond motifs is 1. The normalized spacial score (nSPS) is 19.7. The van der Waals surface area contributed by atoms with E-state index in [1.54, 1.807) is 13.0 Å². The van der Waals surface area contributed by atoms with Gasteiger partial charge < -0.3 is 19.3 Å². The number of nitrogens with one attached hydrogen (secondary N) is 1. The summed E-state index contributed by atoms with van der Waals surface area (Å²) in [5, 5.41) is 6.75. The molecule has 1 N–H and O–H groups in total. The van der Waals surface area contributed by atoms with E-state index in [4.69, 9.17) is 14.0 Å². The Labute approximate surface area is 177 Å². The maximum Gasteiger partial charge on any atom is 0.325 e. The Hall–Kier alpha value is -3.88. The summed E-state index contributed by atoms with van der Waals surface area (Å²) < 4.78 is 16.0. The molecule has 0 radical (unpaired) electrons. The molecule has 0 spiro atoms. The van der Waals surface area contributed by atoms with Gasteiger partial charge in [-0.15, -0.1) is 0 Å². The summed E-state index contributed by atoms with van der Waals surface area (Å²) in [7, 11) is 0. The highest BCUT2D eigenvalue weighted by Gasteiger charge is 2.48. The maximum atomic E-state index is 13.1. The largest absolute Gasteiger partial charge is 0.454 e. The highest BCUT2D eigenvalue weighted by Crippen LogP contribution is 2.34. The standard InChI is InChI=1S/C22H20N4O5/c1-13-3-6-15(7-4-13)19-23-18(31-25-19)11-26-20(27)22(2,24-21(26)28)10-14-5-8-16-17(9-14)30-12-29-16/h3-9H,10-12H2,1-2H3,(H,24,28). The number of carbonyl (C=O) groups excluding carboxylic acids is 2. The number of benzene rings is 2. The Kier molecular flexibility index (Phi) is 4.39. The van der Waals surface area contributed by atoms with E-state index in [-0.39, 0.29) is 25.1 Å². The van der Waals surface area contributed by atoms with Gasteiger partial charge >= 0.3 is 6.03 Å². The molecule has 9 heteroatoms. The van der Waals surface area contributed by atoms with Crippen molar-refractivity contribution < 1.29 is 23.6 Å². The number of hydrogen-bond donors (Lipinski definition) is 1. The van der Waals surface area contributed by atoms with Crippen LogP contribution in [0, 0.1) is 6.92 Å². The van der Waals surface area contributed by atoms with Gasteiger partial charge in [-0.2, -0.15) is 4.98 Å². The summed E-state index contributed by atoms with van der Waals surface area (Å²) in [5.74, 6) is 1.53. The SMILES string of the molecule is Cc1ccc(-c2noc(CN3C(=O)NC(C)(Cc4ccc5c(c4)OCO5)C3=O)n2)cc1. The number of nitrogens with zero attached hydrogens (tertiary/aromatic N) is 3. The first kappa shape index (κ1) is 19.1. The molecular formula is C22H20N4O5. The third-order valence-electron chi connectivity index (χ3n) is 5.41. The number of rotatable bonds is 5. The summed E-state index contributed by atoms with van der Waals surface area (Å²) in [6.07, 6.45) is 0.309. The van der Waals surface area contributed by atoms with Gasteiger partial charge in [0.1, 0.15) is 12.1 Å². The van der Waals surface area contributed by atoms with E-state index >= 15 is 0 Å². The lowest BCUT2D eigenvalue weighted by molar-refractivity contribution is -0.131. The molecule has 0 saturated carbocycles. The van der Waals surface area contributed by atoms with Crippen molar-refractivity contribution in [1.29, 1.82) is 0 Å². The van der Waals surface area contributed by atoms with E-state index in [0.717, 1.165) is 21.6 Å². The van der Waals surface area contributed by atoms with Crippen molar-refractivity contribution in [2.24, 2.45) is 0 Å². The van der Waals surface area contributed by atoms with Crippen LogP contribution in [0.3, 0.4) is 0 Å². The lowest BCUT2D eigenvalue weighted by atomic mass is 9.92. The summed E-state index contributed by atoms with van der Waals surface area (Å²) in [5.41, 5.74) is 1.67. The van der Waals surface area contributed by atoms with Crippen LogP contribution in [-0.2, 0) is 17.8 Å². The van der Waals surface area contributed by atoms with Gasteiger partial charge in [-0.3, -0.25) is 9.69 Å². The number of ether oxygens (including phenoxy) is 2. The molecule has 31 heavy (non-hydrogen) atoms. The monoisotopic (exact) mass is 420 g/mol. The molecule has 0 aliphatic carbocycles. The number of aromatic nitrogens is 2. The average Bonchev–Trinajstić information content (AvgIpc) is 3.44. The van der Waals surface area contributed by atoms with E-state index in [2.05, 4.69) is 15.5 Å². The Morgan fingerprint density at radius 1 is 1.10 bits per heavy atom. The van der Waals surface area contributed by atoms with Gasteiger partial charge in [0.25, 0.3) is 5.91 Å². The Morgan fingerprint density at radius 3 is 2.68 bits per heavy atom. The summed E-state index contributed by atoms with van der Waals surface area (Å²) in [4.78, 5) is 31.1. The fraction of sp³-hybridized carbons (Fsp3) is 0.273. The van der Waals surface area contributed by atoms with Crippen LogP contribution in [0.15, 0.2) is 47.0 Å². The van der Waals surface area contributed by atoms with Crippen molar-refractivity contribution in [3.8, 4) is 22.9 Å². The molecule has 158 valence electrons. The van der Waals surface area contributed by atoms with E-state index in [0.29, 0.717) is 23.7 Å². The molecule has 2 aliphatic heterocycles. The zero-order chi connectivity index (χ0) is 21.6. The second-order valence-corrected chi connectivity index (χ2v) is 7.90. The number of hydrogen-bond acceptors (Lipinski definition) is 7. The Balaban J connectivity index is 1.31. The predicted octanol–water partition coefficient (Wildman–Crippen LogP) is 2.83. The number of carbonyl (C=O) groups is 2. The van der Waals surface area contributed by atoms with Crippen molar-refractivity contribution in [2.75, 3.05) is 6.79 Å². The van der Waals surface area contributed by atoms with Crippen molar-refractivity contribution in [2.45, 2.75) is 32.4 Å². The van der Waals surface area contributed by atoms with Crippen LogP contribution in [0.1, 0.15) is 23.9 Å². The maximum absolute atomic E-state index is 13.1. The molecule has 2 aliphatic rings. The highest BCUT2D eigenvalue weighted by molar-refractivity contribution is 6.06. The van der Waals surface area contributed by atoms with Crippen LogP contribution in [0.4, 0.5) is 4.79 Å². The fourth-order valence-electron chi connectivity index (χ4n) is 3.74. The molecule has 5 rings (SSSR count). The van der Waals surface area contributed by atoms with E-state index < -0.39 is 11.6 Å². The lowest BCUT2D eigenvalue weighted by Gasteiger charge is -2.21. The highest BCUT2D eigenvalue weighted by atomic mass is 16.7. The third kappa shape index (κ3) is 3.48. The molecule has 0 bridgehead atoms. The Morgan fingerprint density at radius 2 is 1.87 bits per heavy atom. The minimum Gasteiger partial charge on any atom is -0.454 e. The number of aryl methyl sites for hydroxylation is 1. The van der Waals surface area contributed by atoms with Crippen LogP contribution in [-0.4, -0.2) is 39.3 Å². The van der Waals surface area contributed by atoms with E-state index in [1.807, 2.05) is 43.3 Å².